The van der Waals surface area contributed by atoms with Crippen molar-refractivity contribution in [1.29, 1.82) is 0 Å². The van der Waals surface area contributed by atoms with Crippen LogP contribution in [0.5, 0.6) is 0 Å². The van der Waals surface area contributed by atoms with Crippen molar-refractivity contribution in [3.63, 3.8) is 0 Å². The molecule has 0 spiro atoms. The number of phosphoric ester groups is 2. The van der Waals surface area contributed by atoms with E-state index in [2.05, 4.69) is 55.4 Å². The lowest BCUT2D eigenvalue weighted by atomic mass is 9.99. The summed E-state index contributed by atoms with van der Waals surface area (Å²) >= 11 is 0. The van der Waals surface area contributed by atoms with Gasteiger partial charge in [-0.2, -0.15) is 0 Å². The molecule has 0 heterocycles. The second kappa shape index (κ2) is 61.6. The smallest absolute Gasteiger partial charge is 0.462 e. The van der Waals surface area contributed by atoms with E-state index in [9.17, 15) is 43.2 Å². The lowest BCUT2D eigenvalue weighted by molar-refractivity contribution is -0.161. The SMILES string of the molecule is CCC(C)CCCCCCCCCCCCC(=O)O[C@H](COC(=O)CCCCCCCCC(C)C)COP(=O)(O)OC[C@H](O)COP(=O)(O)OC[C@@H](COC(=O)CCCCCCCCCCC(C)C)OC(=O)CCCCCCCCCCCCCCCCC(C)C. The number of phosphoric acid groups is 2. The molecular weight excluding hydrogens is 1200 g/mol. The van der Waals surface area contributed by atoms with Gasteiger partial charge in [-0.15, -0.1) is 0 Å². The summed E-state index contributed by atoms with van der Waals surface area (Å²) in [6.45, 7) is 14.1. The van der Waals surface area contributed by atoms with E-state index in [0.717, 1.165) is 114 Å². The van der Waals surface area contributed by atoms with Gasteiger partial charge in [0.2, 0.25) is 0 Å². The molecule has 0 aliphatic heterocycles. The molecule has 0 bridgehead atoms. The molecule has 3 N–H and O–H groups in total. The molecule has 91 heavy (non-hydrogen) atoms. The summed E-state index contributed by atoms with van der Waals surface area (Å²) in [4.78, 5) is 72.6. The van der Waals surface area contributed by atoms with E-state index < -0.39 is 97.5 Å². The first kappa shape index (κ1) is 89.1. The molecule has 0 aromatic carbocycles. The van der Waals surface area contributed by atoms with Gasteiger partial charge in [-0.05, 0) is 49.4 Å². The summed E-state index contributed by atoms with van der Waals surface area (Å²) in [6.07, 6.45) is 44.5. The Hall–Kier alpha value is -1.94. The number of carbonyl (C=O) groups excluding carboxylic acids is 4. The van der Waals surface area contributed by atoms with Gasteiger partial charge >= 0.3 is 39.5 Å². The van der Waals surface area contributed by atoms with Crippen molar-refractivity contribution in [3.05, 3.63) is 0 Å². The van der Waals surface area contributed by atoms with Gasteiger partial charge in [-0.25, -0.2) is 9.13 Å². The van der Waals surface area contributed by atoms with Gasteiger partial charge in [0, 0.05) is 25.7 Å². The number of ether oxygens (including phenoxy) is 4. The van der Waals surface area contributed by atoms with E-state index in [0.29, 0.717) is 31.6 Å². The van der Waals surface area contributed by atoms with Crippen LogP contribution in [-0.2, 0) is 65.4 Å². The van der Waals surface area contributed by atoms with E-state index in [1.165, 1.54) is 154 Å². The summed E-state index contributed by atoms with van der Waals surface area (Å²) < 4.78 is 68.3. The maximum absolute atomic E-state index is 13.0. The number of aliphatic hydroxyl groups is 1. The minimum atomic E-state index is -4.95. The highest BCUT2D eigenvalue weighted by molar-refractivity contribution is 7.47. The Kier molecular flexibility index (Phi) is 60.3. The Morgan fingerprint density at radius 2 is 0.527 bits per heavy atom. The number of carbonyl (C=O) groups is 4. The van der Waals surface area contributed by atoms with Crippen LogP contribution in [0.2, 0.25) is 0 Å². The minimum absolute atomic E-state index is 0.105. The molecule has 3 unspecified atom stereocenters. The van der Waals surface area contributed by atoms with Crippen molar-refractivity contribution in [1.82, 2.24) is 0 Å². The number of hydrogen-bond donors (Lipinski definition) is 3. The van der Waals surface area contributed by atoms with Crippen LogP contribution >= 0.6 is 15.6 Å². The Morgan fingerprint density at radius 1 is 0.308 bits per heavy atom. The monoisotopic (exact) mass is 1340 g/mol. The van der Waals surface area contributed by atoms with Crippen molar-refractivity contribution < 1.29 is 80.2 Å². The average Bonchev–Trinajstić information content (AvgIpc) is 3.39. The molecule has 0 aliphatic rings. The van der Waals surface area contributed by atoms with Gasteiger partial charge in [0.1, 0.15) is 19.3 Å². The van der Waals surface area contributed by atoms with Crippen molar-refractivity contribution in [2.24, 2.45) is 23.7 Å². The lowest BCUT2D eigenvalue weighted by Gasteiger charge is -2.21. The second-order valence-corrected chi connectivity index (χ2v) is 30.6. The van der Waals surface area contributed by atoms with Gasteiger partial charge in [0.25, 0.3) is 0 Å². The molecule has 0 fully saturated rings. The first-order valence-electron chi connectivity index (χ1n) is 37.2. The summed E-state index contributed by atoms with van der Waals surface area (Å²) in [5.74, 6) is 0.875. The predicted molar refractivity (Wildman–Crippen MR) is 367 cm³/mol. The van der Waals surface area contributed by atoms with E-state index in [1.54, 1.807) is 0 Å². The summed E-state index contributed by atoms with van der Waals surface area (Å²) in [6, 6.07) is 0. The minimum Gasteiger partial charge on any atom is -0.462 e. The highest BCUT2D eigenvalue weighted by Gasteiger charge is 2.30. The highest BCUT2D eigenvalue weighted by atomic mass is 31.2. The maximum atomic E-state index is 13.0. The number of esters is 4. The maximum Gasteiger partial charge on any atom is 0.472 e. The van der Waals surface area contributed by atoms with Crippen LogP contribution in [0.15, 0.2) is 0 Å². The van der Waals surface area contributed by atoms with Gasteiger partial charge in [-0.1, -0.05) is 306 Å². The standard InChI is InChI=1S/C72H140O17P2/c1-9-65(8)51-43-35-26-19-16-17-21-29-39-47-55-72(77)89-68(59-83-70(75)53-45-37-31-30-34-42-50-64(6)7)61-87-91(80,81)85-57-66(73)56-84-90(78,79)86-60-67(58-82-69(74)52-44-36-27-23-22-25-33-41-49-63(4)5)88-71(76)54-46-38-28-20-15-13-11-10-12-14-18-24-32-40-48-62(2)3/h62-68,73H,9-61H2,1-8H3,(H,78,79)(H,80,81)/t65?,66-,67-,68-/m1/s1. The number of rotatable bonds is 69. The summed E-state index contributed by atoms with van der Waals surface area (Å²) in [7, 11) is -9.91. The zero-order valence-corrected chi connectivity index (χ0v) is 61.3. The van der Waals surface area contributed by atoms with Crippen LogP contribution in [0.25, 0.3) is 0 Å². The van der Waals surface area contributed by atoms with Gasteiger partial charge in [-0.3, -0.25) is 37.3 Å². The quantitative estimate of drug-likeness (QED) is 0.0222. The van der Waals surface area contributed by atoms with Gasteiger partial charge < -0.3 is 33.8 Å². The van der Waals surface area contributed by atoms with Crippen molar-refractivity contribution in [2.45, 2.75) is 375 Å². The molecular formula is C72H140O17P2. The van der Waals surface area contributed by atoms with Crippen LogP contribution in [0.1, 0.15) is 357 Å². The van der Waals surface area contributed by atoms with Gasteiger partial charge in [0.15, 0.2) is 12.2 Å². The molecule has 0 rings (SSSR count). The lowest BCUT2D eigenvalue weighted by Crippen LogP contribution is -2.30. The Balaban J connectivity index is 5.23. The molecule has 17 nitrogen and oxygen atoms in total. The Bertz CT molecular complexity index is 1800. The van der Waals surface area contributed by atoms with Crippen LogP contribution in [0.3, 0.4) is 0 Å². The zero-order valence-electron chi connectivity index (χ0n) is 59.5. The molecule has 19 heteroatoms. The molecule has 0 aliphatic carbocycles. The fourth-order valence-electron chi connectivity index (χ4n) is 10.8. The Labute approximate surface area is 556 Å². The van der Waals surface area contributed by atoms with Crippen LogP contribution in [-0.4, -0.2) is 96.7 Å². The summed E-state index contributed by atoms with van der Waals surface area (Å²) in [5, 5.41) is 10.6. The zero-order chi connectivity index (χ0) is 67.5. The van der Waals surface area contributed by atoms with E-state index in [1.807, 2.05) is 0 Å². The fourth-order valence-corrected chi connectivity index (χ4v) is 12.4. The second-order valence-electron chi connectivity index (χ2n) is 27.6. The molecule has 0 aromatic heterocycles. The average molecular weight is 1340 g/mol. The van der Waals surface area contributed by atoms with Gasteiger partial charge in [0.05, 0.1) is 26.4 Å². The van der Waals surface area contributed by atoms with Crippen molar-refractivity contribution >= 4 is 39.5 Å². The van der Waals surface area contributed by atoms with E-state index >= 15 is 0 Å². The Morgan fingerprint density at radius 3 is 0.780 bits per heavy atom. The van der Waals surface area contributed by atoms with E-state index in [-0.39, 0.29) is 25.7 Å². The normalized spacial score (nSPS) is 14.5. The molecule has 0 saturated heterocycles. The van der Waals surface area contributed by atoms with Crippen LogP contribution in [0, 0.1) is 23.7 Å². The molecule has 6 atom stereocenters. The molecule has 0 aromatic rings. The fraction of sp³-hybridized carbons (Fsp3) is 0.944. The molecule has 0 radical (unpaired) electrons. The summed E-state index contributed by atoms with van der Waals surface area (Å²) in [5.41, 5.74) is 0. The van der Waals surface area contributed by atoms with E-state index in [4.69, 9.17) is 37.0 Å². The highest BCUT2D eigenvalue weighted by Crippen LogP contribution is 2.45. The largest absolute Gasteiger partial charge is 0.472 e. The number of hydrogen-bond acceptors (Lipinski definition) is 15. The first-order valence-corrected chi connectivity index (χ1v) is 40.2. The first-order chi connectivity index (χ1) is 43.6. The third-order valence-electron chi connectivity index (χ3n) is 16.9. The molecule has 540 valence electrons. The number of unbranched alkanes of at least 4 members (excludes halogenated alkanes) is 34. The van der Waals surface area contributed by atoms with Crippen LogP contribution in [0.4, 0.5) is 0 Å². The number of aliphatic hydroxyl groups excluding tert-OH is 1. The molecule has 0 amide bonds. The predicted octanol–water partition coefficient (Wildman–Crippen LogP) is 20.5. The third kappa shape index (κ3) is 65.1. The topological polar surface area (TPSA) is 237 Å². The third-order valence-corrected chi connectivity index (χ3v) is 18.8. The van der Waals surface area contributed by atoms with Crippen molar-refractivity contribution in [3.8, 4) is 0 Å². The van der Waals surface area contributed by atoms with Crippen molar-refractivity contribution in [2.75, 3.05) is 39.6 Å². The molecule has 0 saturated carbocycles. The van der Waals surface area contributed by atoms with Crippen LogP contribution < -0.4 is 0 Å².